The first kappa shape index (κ1) is 12.6. The lowest BCUT2D eigenvalue weighted by molar-refractivity contribution is 0.0980. The third-order valence-corrected chi connectivity index (χ3v) is 3.63. The van der Waals surface area contributed by atoms with E-state index in [1.54, 1.807) is 0 Å². The van der Waals surface area contributed by atoms with Crippen molar-refractivity contribution in [1.29, 1.82) is 0 Å². The summed E-state index contributed by atoms with van der Waals surface area (Å²) >= 11 is 0. The Morgan fingerprint density at radius 2 is 1.71 bits per heavy atom. The van der Waals surface area contributed by atoms with E-state index in [1.807, 2.05) is 0 Å². The Morgan fingerprint density at radius 3 is 2.24 bits per heavy atom. The number of aromatic nitrogens is 2. The molecule has 2 rings (SSSR count). The van der Waals surface area contributed by atoms with Crippen LogP contribution in [0.25, 0.3) is 0 Å². The Morgan fingerprint density at radius 1 is 1.06 bits per heavy atom. The van der Waals surface area contributed by atoms with E-state index in [1.165, 1.54) is 11.3 Å². The van der Waals surface area contributed by atoms with Gasteiger partial charge in [0.25, 0.3) is 0 Å². The average molecular weight is 235 g/mol. The molecule has 0 saturated carbocycles. The van der Waals surface area contributed by atoms with Crippen LogP contribution in [0, 0.1) is 0 Å². The van der Waals surface area contributed by atoms with E-state index >= 15 is 0 Å². The van der Waals surface area contributed by atoms with Crippen molar-refractivity contribution >= 4 is 0 Å². The van der Waals surface area contributed by atoms with Crippen molar-refractivity contribution < 1.29 is 0 Å². The van der Waals surface area contributed by atoms with E-state index in [4.69, 9.17) is 0 Å². The second-order valence-corrected chi connectivity index (χ2v) is 7.07. The van der Waals surface area contributed by atoms with Gasteiger partial charge in [0.15, 0.2) is 0 Å². The van der Waals surface area contributed by atoms with Crippen LogP contribution in [-0.4, -0.2) is 26.8 Å². The van der Waals surface area contributed by atoms with Crippen LogP contribution in [0.1, 0.15) is 52.8 Å². The van der Waals surface area contributed by atoms with Gasteiger partial charge < -0.3 is 0 Å². The highest BCUT2D eigenvalue weighted by Gasteiger charge is 2.30. The van der Waals surface area contributed by atoms with Crippen LogP contribution >= 0.6 is 0 Å². The molecule has 1 aromatic heterocycles. The summed E-state index contributed by atoms with van der Waals surface area (Å²) in [4.78, 5) is 2.54. The molecule has 0 saturated heterocycles. The fourth-order valence-electron chi connectivity index (χ4n) is 2.44. The topological polar surface area (TPSA) is 21.1 Å². The van der Waals surface area contributed by atoms with Crippen molar-refractivity contribution in [3.05, 3.63) is 17.5 Å². The normalized spacial score (nSPS) is 18.2. The zero-order chi connectivity index (χ0) is 12.8. The van der Waals surface area contributed by atoms with Gasteiger partial charge in [-0.05, 0) is 31.7 Å². The maximum absolute atomic E-state index is 4.53. The zero-order valence-electron chi connectivity index (χ0n) is 12.0. The third kappa shape index (κ3) is 2.39. The highest BCUT2D eigenvalue weighted by molar-refractivity contribution is 5.26. The van der Waals surface area contributed by atoms with E-state index in [0.717, 1.165) is 19.6 Å². The Balaban J connectivity index is 2.33. The quantitative estimate of drug-likeness (QED) is 0.689. The molecule has 2 heterocycles. The largest absolute Gasteiger partial charge is 0.291 e. The molecule has 1 aliphatic heterocycles. The summed E-state index contributed by atoms with van der Waals surface area (Å²) in [5.74, 6) is 0. The molecule has 0 radical (unpaired) electrons. The molecule has 3 heteroatoms. The van der Waals surface area contributed by atoms with Gasteiger partial charge >= 0.3 is 0 Å². The summed E-state index contributed by atoms with van der Waals surface area (Å²) in [6, 6.07) is 0. The molecule has 0 aliphatic carbocycles. The molecule has 0 spiro atoms. The molecule has 0 atom stereocenters. The van der Waals surface area contributed by atoms with E-state index in [0.29, 0.717) is 0 Å². The fourth-order valence-corrected chi connectivity index (χ4v) is 2.44. The number of hydrogen-bond acceptors (Lipinski definition) is 2. The molecule has 3 nitrogen and oxygen atoms in total. The van der Waals surface area contributed by atoms with Crippen molar-refractivity contribution in [2.45, 2.75) is 65.6 Å². The van der Waals surface area contributed by atoms with Crippen LogP contribution in [0.2, 0.25) is 0 Å². The van der Waals surface area contributed by atoms with Crippen molar-refractivity contribution in [1.82, 2.24) is 14.7 Å². The molecule has 0 aromatic carbocycles. The van der Waals surface area contributed by atoms with Crippen molar-refractivity contribution in [2.75, 3.05) is 6.54 Å². The molecule has 0 fully saturated rings. The second kappa shape index (κ2) is 3.84. The van der Waals surface area contributed by atoms with E-state index in [2.05, 4.69) is 62.4 Å². The van der Waals surface area contributed by atoms with Crippen LogP contribution in [-0.2, 0) is 18.5 Å². The molecule has 0 amide bonds. The van der Waals surface area contributed by atoms with E-state index in [9.17, 15) is 0 Å². The zero-order valence-corrected chi connectivity index (χ0v) is 12.0. The highest BCUT2D eigenvalue weighted by atomic mass is 15.3. The fraction of sp³-hybridized carbons (Fsp3) is 0.786. The van der Waals surface area contributed by atoms with Gasteiger partial charge in [-0.15, -0.1) is 0 Å². The first-order chi connectivity index (χ1) is 7.69. The lowest BCUT2D eigenvalue weighted by atomic mass is 9.86. The SMILES string of the molecule is CC(C)(C)c1cnn2c1CN(C(C)(C)C)CC2. The monoisotopic (exact) mass is 235 g/mol. The molecule has 96 valence electrons. The Labute approximate surface area is 105 Å². The van der Waals surface area contributed by atoms with Gasteiger partial charge in [0, 0.05) is 18.6 Å². The highest BCUT2D eigenvalue weighted by Crippen LogP contribution is 2.30. The van der Waals surface area contributed by atoms with E-state index in [-0.39, 0.29) is 11.0 Å². The minimum absolute atomic E-state index is 0.189. The number of fused-ring (bicyclic) bond motifs is 1. The lowest BCUT2D eigenvalue weighted by Crippen LogP contribution is -2.46. The van der Waals surface area contributed by atoms with Gasteiger partial charge in [-0.3, -0.25) is 9.58 Å². The van der Waals surface area contributed by atoms with Crippen molar-refractivity contribution in [2.24, 2.45) is 0 Å². The van der Waals surface area contributed by atoms with Crippen LogP contribution in [0.15, 0.2) is 6.20 Å². The lowest BCUT2D eigenvalue weighted by Gasteiger charge is -2.39. The molecule has 0 bridgehead atoms. The van der Waals surface area contributed by atoms with E-state index < -0.39 is 0 Å². The first-order valence-corrected chi connectivity index (χ1v) is 6.50. The van der Waals surface area contributed by atoms with Crippen LogP contribution < -0.4 is 0 Å². The Hall–Kier alpha value is -0.830. The predicted octanol–water partition coefficient (Wildman–Crippen LogP) is 2.79. The number of nitrogens with zero attached hydrogens (tertiary/aromatic N) is 3. The Kier molecular flexibility index (Phi) is 2.85. The molecule has 1 aliphatic rings. The third-order valence-electron chi connectivity index (χ3n) is 3.63. The van der Waals surface area contributed by atoms with Gasteiger partial charge in [0.2, 0.25) is 0 Å². The maximum atomic E-state index is 4.53. The minimum Gasteiger partial charge on any atom is -0.291 e. The molecular weight excluding hydrogens is 210 g/mol. The molecular formula is C14H25N3. The smallest absolute Gasteiger partial charge is 0.0562 e. The van der Waals surface area contributed by atoms with Gasteiger partial charge in [0.05, 0.1) is 18.4 Å². The molecule has 1 aromatic rings. The summed E-state index contributed by atoms with van der Waals surface area (Å²) in [7, 11) is 0. The van der Waals surface area contributed by atoms with Gasteiger partial charge in [-0.1, -0.05) is 20.8 Å². The van der Waals surface area contributed by atoms with Crippen molar-refractivity contribution in [3.8, 4) is 0 Å². The minimum atomic E-state index is 0.189. The second-order valence-electron chi connectivity index (χ2n) is 7.07. The molecule has 0 N–H and O–H groups in total. The number of rotatable bonds is 0. The summed E-state index contributed by atoms with van der Waals surface area (Å²) in [6.45, 7) is 16.8. The van der Waals surface area contributed by atoms with Gasteiger partial charge in [0.1, 0.15) is 0 Å². The predicted molar refractivity (Wildman–Crippen MR) is 71.1 cm³/mol. The standard InChI is InChI=1S/C14H25N3/c1-13(2,3)11-9-15-17-8-7-16(10-12(11)17)14(4,5)6/h9H,7-8,10H2,1-6H3. The first-order valence-electron chi connectivity index (χ1n) is 6.50. The average Bonchev–Trinajstić information content (AvgIpc) is 2.57. The summed E-state index contributed by atoms with van der Waals surface area (Å²) in [5.41, 5.74) is 3.23. The van der Waals surface area contributed by atoms with Gasteiger partial charge in [-0.2, -0.15) is 5.10 Å². The summed E-state index contributed by atoms with van der Waals surface area (Å²) in [6.07, 6.45) is 2.06. The van der Waals surface area contributed by atoms with Crippen LogP contribution in [0.3, 0.4) is 0 Å². The molecule has 17 heavy (non-hydrogen) atoms. The summed E-state index contributed by atoms with van der Waals surface area (Å²) in [5, 5.41) is 4.53. The van der Waals surface area contributed by atoms with Crippen LogP contribution in [0.4, 0.5) is 0 Å². The Bertz CT molecular complexity index is 404. The maximum Gasteiger partial charge on any atom is 0.0562 e. The van der Waals surface area contributed by atoms with Gasteiger partial charge in [-0.25, -0.2) is 0 Å². The van der Waals surface area contributed by atoms with Crippen LogP contribution in [0.5, 0.6) is 0 Å². The van der Waals surface area contributed by atoms with Crippen molar-refractivity contribution in [3.63, 3.8) is 0 Å². The summed E-state index contributed by atoms with van der Waals surface area (Å²) < 4.78 is 2.18. The molecule has 0 unspecified atom stereocenters. The number of hydrogen-bond donors (Lipinski definition) is 0.